The fourth-order valence-electron chi connectivity index (χ4n) is 1.38. The zero-order valence-electron chi connectivity index (χ0n) is 8.05. The predicted molar refractivity (Wildman–Crippen MR) is 53.5 cm³/mol. The highest BCUT2D eigenvalue weighted by Gasteiger charge is 2.03. The molecule has 0 atom stereocenters. The molecule has 0 radical (unpaired) electrons. The summed E-state index contributed by atoms with van der Waals surface area (Å²) in [6.07, 6.45) is -1.03. The van der Waals surface area contributed by atoms with Crippen molar-refractivity contribution in [2.45, 2.75) is 25.7 Å². The molecular formula is C11H15F2N. The van der Waals surface area contributed by atoms with Crippen LogP contribution in [0, 0.1) is 0 Å². The second-order valence-electron chi connectivity index (χ2n) is 3.29. The Morgan fingerprint density at radius 2 is 1.79 bits per heavy atom. The lowest BCUT2D eigenvalue weighted by Gasteiger charge is -2.03. The quantitative estimate of drug-likeness (QED) is 0.774. The van der Waals surface area contributed by atoms with E-state index in [2.05, 4.69) is 0 Å². The molecule has 0 fully saturated rings. The Morgan fingerprint density at radius 1 is 1.14 bits per heavy atom. The Hall–Kier alpha value is -0.960. The topological polar surface area (TPSA) is 26.0 Å². The highest BCUT2D eigenvalue weighted by atomic mass is 19.3. The molecule has 3 heteroatoms. The summed E-state index contributed by atoms with van der Waals surface area (Å²) in [5, 5.41) is 0. The van der Waals surface area contributed by atoms with Crippen LogP contribution >= 0.6 is 0 Å². The van der Waals surface area contributed by atoms with E-state index in [9.17, 15) is 8.78 Å². The Morgan fingerprint density at radius 3 is 2.36 bits per heavy atom. The minimum absolute atomic E-state index is 0.0634. The second kappa shape index (κ2) is 5.70. The largest absolute Gasteiger partial charge is 0.330 e. The maximum atomic E-state index is 11.9. The summed E-state index contributed by atoms with van der Waals surface area (Å²) < 4.78 is 23.9. The molecule has 1 nitrogen and oxygen atoms in total. The summed E-state index contributed by atoms with van der Waals surface area (Å²) in [6, 6.07) is 7.70. The van der Waals surface area contributed by atoms with Crippen molar-refractivity contribution < 1.29 is 8.78 Å². The molecule has 1 aromatic carbocycles. The monoisotopic (exact) mass is 199 g/mol. The van der Waals surface area contributed by atoms with Gasteiger partial charge in [-0.25, -0.2) is 8.78 Å². The maximum absolute atomic E-state index is 11.9. The van der Waals surface area contributed by atoms with E-state index >= 15 is 0 Å². The van der Waals surface area contributed by atoms with Gasteiger partial charge < -0.3 is 5.73 Å². The first kappa shape index (κ1) is 11.1. The van der Waals surface area contributed by atoms with Gasteiger partial charge in [-0.1, -0.05) is 24.3 Å². The molecule has 0 aliphatic rings. The number of aryl methyl sites for hydroxylation is 1. The van der Waals surface area contributed by atoms with Crippen molar-refractivity contribution in [3.05, 3.63) is 35.4 Å². The average Bonchev–Trinajstić information content (AvgIpc) is 2.16. The van der Waals surface area contributed by atoms with Crippen LogP contribution in [0.1, 0.15) is 17.5 Å². The Balaban J connectivity index is 2.54. The summed E-state index contributed by atoms with van der Waals surface area (Å²) in [5.41, 5.74) is 7.51. The van der Waals surface area contributed by atoms with E-state index in [0.717, 1.165) is 17.5 Å². The van der Waals surface area contributed by atoms with Crippen molar-refractivity contribution >= 4 is 0 Å². The summed E-state index contributed by atoms with van der Waals surface area (Å²) in [6.45, 7) is 0.596. The fourth-order valence-corrected chi connectivity index (χ4v) is 1.38. The minimum atomic E-state index is -2.21. The lowest BCUT2D eigenvalue weighted by Crippen LogP contribution is -2.03. The third-order valence-corrected chi connectivity index (χ3v) is 2.08. The van der Waals surface area contributed by atoms with Crippen LogP contribution < -0.4 is 5.73 Å². The van der Waals surface area contributed by atoms with E-state index in [1.807, 2.05) is 24.3 Å². The number of hydrogen-bond donors (Lipinski definition) is 1. The molecule has 0 unspecified atom stereocenters. The van der Waals surface area contributed by atoms with Crippen LogP contribution in [0.15, 0.2) is 24.3 Å². The summed E-state index contributed by atoms with van der Waals surface area (Å²) in [4.78, 5) is 0. The van der Waals surface area contributed by atoms with Crippen LogP contribution in [0.2, 0.25) is 0 Å². The van der Waals surface area contributed by atoms with Gasteiger partial charge >= 0.3 is 0 Å². The maximum Gasteiger partial charge on any atom is 0.239 e. The molecule has 0 saturated carbocycles. The van der Waals surface area contributed by atoms with Gasteiger partial charge in [-0.05, 0) is 30.5 Å². The average molecular weight is 199 g/mol. The van der Waals surface area contributed by atoms with Crippen molar-refractivity contribution in [1.82, 2.24) is 0 Å². The van der Waals surface area contributed by atoms with Gasteiger partial charge in [0.05, 0.1) is 0 Å². The Kier molecular flexibility index (Phi) is 4.53. The van der Waals surface area contributed by atoms with Gasteiger partial charge in [-0.3, -0.25) is 0 Å². The molecule has 0 aliphatic heterocycles. The van der Waals surface area contributed by atoms with Gasteiger partial charge in [0.2, 0.25) is 6.43 Å². The van der Waals surface area contributed by atoms with E-state index in [-0.39, 0.29) is 6.42 Å². The SMILES string of the molecule is NCCc1cccc(CCC(F)F)c1. The lowest BCUT2D eigenvalue weighted by atomic mass is 10.0. The smallest absolute Gasteiger partial charge is 0.239 e. The van der Waals surface area contributed by atoms with Crippen LogP contribution in [0.4, 0.5) is 8.78 Å². The van der Waals surface area contributed by atoms with E-state index < -0.39 is 6.43 Å². The molecule has 0 saturated heterocycles. The first-order valence-electron chi connectivity index (χ1n) is 4.78. The van der Waals surface area contributed by atoms with Crippen LogP contribution in [-0.4, -0.2) is 13.0 Å². The number of nitrogens with two attached hydrogens (primary N) is 1. The van der Waals surface area contributed by atoms with Gasteiger partial charge in [-0.15, -0.1) is 0 Å². The number of halogens is 2. The molecule has 0 bridgehead atoms. The minimum Gasteiger partial charge on any atom is -0.330 e. The zero-order chi connectivity index (χ0) is 10.4. The summed E-state index contributed by atoms with van der Waals surface area (Å²) in [7, 11) is 0. The third kappa shape index (κ3) is 3.83. The standard InChI is InChI=1S/C11H15F2N/c12-11(13)5-4-9-2-1-3-10(8-9)6-7-14/h1-3,8,11H,4-7,14H2. The summed E-state index contributed by atoms with van der Waals surface area (Å²) in [5.74, 6) is 0. The van der Waals surface area contributed by atoms with Crippen molar-refractivity contribution in [3.8, 4) is 0 Å². The highest BCUT2D eigenvalue weighted by molar-refractivity contribution is 5.23. The van der Waals surface area contributed by atoms with Gasteiger partial charge in [-0.2, -0.15) is 0 Å². The van der Waals surface area contributed by atoms with Gasteiger partial charge in [0.1, 0.15) is 0 Å². The van der Waals surface area contributed by atoms with Gasteiger partial charge in [0, 0.05) is 6.42 Å². The molecule has 0 heterocycles. The van der Waals surface area contributed by atoms with Crippen LogP contribution in [0.3, 0.4) is 0 Å². The Bertz CT molecular complexity index is 274. The summed E-state index contributed by atoms with van der Waals surface area (Å²) >= 11 is 0. The number of alkyl halides is 2. The second-order valence-corrected chi connectivity index (χ2v) is 3.29. The molecular weight excluding hydrogens is 184 g/mol. The van der Waals surface area contributed by atoms with Crippen LogP contribution in [-0.2, 0) is 12.8 Å². The molecule has 78 valence electrons. The van der Waals surface area contributed by atoms with Crippen molar-refractivity contribution in [3.63, 3.8) is 0 Å². The molecule has 14 heavy (non-hydrogen) atoms. The van der Waals surface area contributed by atoms with Gasteiger partial charge in [0.25, 0.3) is 0 Å². The molecule has 1 aromatic rings. The number of benzene rings is 1. The normalized spacial score (nSPS) is 10.9. The fraction of sp³-hybridized carbons (Fsp3) is 0.455. The van der Waals surface area contributed by atoms with E-state index in [1.54, 1.807) is 0 Å². The molecule has 0 aliphatic carbocycles. The predicted octanol–water partition coefficient (Wildman–Crippen LogP) is 2.39. The molecule has 1 rings (SSSR count). The number of hydrogen-bond acceptors (Lipinski definition) is 1. The van der Waals surface area contributed by atoms with Crippen molar-refractivity contribution in [2.24, 2.45) is 5.73 Å². The van der Waals surface area contributed by atoms with Crippen LogP contribution in [0.25, 0.3) is 0 Å². The highest BCUT2D eigenvalue weighted by Crippen LogP contribution is 2.10. The molecule has 0 amide bonds. The van der Waals surface area contributed by atoms with Crippen molar-refractivity contribution in [1.29, 1.82) is 0 Å². The zero-order valence-corrected chi connectivity index (χ0v) is 8.05. The van der Waals surface area contributed by atoms with Crippen molar-refractivity contribution in [2.75, 3.05) is 6.54 Å². The molecule has 0 spiro atoms. The first-order valence-corrected chi connectivity index (χ1v) is 4.78. The molecule has 0 aromatic heterocycles. The molecule has 2 N–H and O–H groups in total. The third-order valence-electron chi connectivity index (χ3n) is 2.08. The van der Waals surface area contributed by atoms with Gasteiger partial charge in [0.15, 0.2) is 0 Å². The van der Waals surface area contributed by atoms with Crippen LogP contribution in [0.5, 0.6) is 0 Å². The Labute approximate surface area is 82.9 Å². The van der Waals surface area contributed by atoms with E-state index in [4.69, 9.17) is 5.73 Å². The first-order chi connectivity index (χ1) is 6.72. The van der Waals surface area contributed by atoms with E-state index in [1.165, 1.54) is 0 Å². The number of rotatable bonds is 5. The lowest BCUT2D eigenvalue weighted by molar-refractivity contribution is 0.138. The van der Waals surface area contributed by atoms with E-state index in [0.29, 0.717) is 13.0 Å².